The topological polar surface area (TPSA) is 117 Å². The quantitative estimate of drug-likeness (QED) is 0.0164. The summed E-state index contributed by atoms with van der Waals surface area (Å²) >= 11 is 1.80. The van der Waals surface area contributed by atoms with Crippen LogP contribution >= 0.6 is 11.3 Å². The SMILES string of the molecule is C(CCCNCc1nc2ccccc2[nH]1)=C(c1ccccc1)c1ccccc1.C(CCNCc1cccs1)=C(c1ccccc1)c1ccccc1.FC(F)(F)Oc1ccc(CNCCC=C(c2ccccc2)c2ccccc2)cc1.FC(F)(F)Oc1ccc(CNCCCCC=C(c2ccccc2)c2ccccc2)cc1.FC(F)(F)Oc1cccc(CNCCCCC=C(c2ccccc2)c2ccccc2)c1. The van der Waals surface area contributed by atoms with Gasteiger partial charge in [-0.05, 0) is 257 Å². The van der Waals surface area contributed by atoms with Crippen molar-refractivity contribution in [1.29, 1.82) is 0 Å². The van der Waals surface area contributed by atoms with Crippen LogP contribution in [-0.2, 0) is 32.7 Å². The molecule has 142 heavy (non-hydrogen) atoms. The van der Waals surface area contributed by atoms with Crippen LogP contribution < -0.4 is 40.8 Å². The normalized spacial score (nSPS) is 11.0. The monoisotopic (exact) mass is 1930 g/mol. The lowest BCUT2D eigenvalue weighted by Gasteiger charge is -2.11. The van der Waals surface area contributed by atoms with Gasteiger partial charge in [-0.25, -0.2) is 4.98 Å². The molecule has 14 aromatic carbocycles. The fourth-order valence-electron chi connectivity index (χ4n) is 15.7. The molecule has 0 saturated heterocycles. The van der Waals surface area contributed by atoms with E-state index in [0.717, 1.165) is 144 Å². The van der Waals surface area contributed by atoms with Gasteiger partial charge in [-0.1, -0.05) is 388 Å². The maximum Gasteiger partial charge on any atom is 0.573 e. The summed E-state index contributed by atoms with van der Waals surface area (Å²) in [5, 5.41) is 19.1. The Morgan fingerprint density at radius 1 is 0.254 bits per heavy atom. The molecule has 2 aromatic heterocycles. The maximum absolute atomic E-state index is 12.3. The molecule has 16 rings (SSSR count). The number of halogens is 9. The van der Waals surface area contributed by atoms with E-state index in [2.05, 4.69) is 323 Å². The summed E-state index contributed by atoms with van der Waals surface area (Å²) < 4.78 is 122. The van der Waals surface area contributed by atoms with E-state index >= 15 is 0 Å². The lowest BCUT2D eigenvalue weighted by molar-refractivity contribution is -0.275. The van der Waals surface area contributed by atoms with E-state index in [1.807, 2.05) is 103 Å². The largest absolute Gasteiger partial charge is 0.573 e. The third-order valence-electron chi connectivity index (χ3n) is 22.4. The summed E-state index contributed by atoms with van der Waals surface area (Å²) in [5.41, 5.74) is 23.2. The van der Waals surface area contributed by atoms with Crippen molar-refractivity contribution in [2.24, 2.45) is 0 Å². The molecule has 0 aliphatic heterocycles. The first kappa shape index (κ1) is 106. The van der Waals surface area contributed by atoms with Crippen molar-refractivity contribution in [1.82, 2.24) is 36.6 Å². The second-order valence-electron chi connectivity index (χ2n) is 33.2. The first-order valence-corrected chi connectivity index (χ1v) is 48.8. The first-order chi connectivity index (χ1) is 69.4. The van der Waals surface area contributed by atoms with Crippen molar-refractivity contribution in [2.45, 2.75) is 116 Å². The Bertz CT molecular complexity index is 6120. The number of hydrogen-bond donors (Lipinski definition) is 6. The smallest absolute Gasteiger partial charge is 0.406 e. The number of aromatic amines is 1. The van der Waals surface area contributed by atoms with Gasteiger partial charge >= 0.3 is 19.1 Å². The van der Waals surface area contributed by atoms with Crippen molar-refractivity contribution in [3.8, 4) is 17.2 Å². The fourth-order valence-corrected chi connectivity index (χ4v) is 16.3. The van der Waals surface area contributed by atoms with Gasteiger partial charge in [0.05, 0.1) is 17.6 Å². The number of allylic oxidation sites excluding steroid dienone is 3. The van der Waals surface area contributed by atoms with Crippen molar-refractivity contribution < 1.29 is 53.7 Å². The maximum atomic E-state index is 12.3. The summed E-state index contributed by atoms with van der Waals surface area (Å²) in [6, 6.07) is 135. The van der Waals surface area contributed by atoms with Crippen LogP contribution in [0.1, 0.15) is 147 Å². The van der Waals surface area contributed by atoms with Gasteiger partial charge in [0, 0.05) is 31.1 Å². The standard InChI is InChI=1S/2C26H26F3NO.C25H25N3.C24H22F3NO.C21H21NS/c27-26(28,29)31-24-16-10-11-21(19-24)20-30-18-9-3-8-17-25(22-12-4-1-5-13-22)23-14-6-2-7-15-23;27-26(28,29)31-24-17-15-21(16-18-24)20-30-19-9-3-8-14-25(22-10-4-1-5-11-22)23-12-6-2-7-13-23;1-3-11-20(12-4-1)22(21-13-5-2-6-14-21)15-9-10-18-26-19-25-27-23-16-7-8-17-24(23)28-25;25-24(26,27)29-22-15-13-19(14-16-22)18-28-17-7-12-23(20-8-3-1-4-9-20)21-10-5-2-6-11-21;1-3-9-18(10-4-1)21(19-11-5-2-6-12-19)14-7-15-22-17-20-13-8-16-23-20/h1-2,4-7,10-17,19,30H,3,8-9,18,20H2;1-2,4-7,10-18,30H,3,8-9,19-20H2;1-8,11-17,26H,9-10,18-19H2,(H,27,28);1-6,8-16,28H,7,17-18H2;1-6,8-14,16,22H,7,15,17H2. The molecule has 10 nitrogen and oxygen atoms in total. The summed E-state index contributed by atoms with van der Waals surface area (Å²) in [6.07, 6.45) is 7.45. The van der Waals surface area contributed by atoms with E-state index < -0.39 is 19.1 Å². The summed E-state index contributed by atoms with van der Waals surface area (Å²) in [4.78, 5) is 9.36. The molecule has 0 amide bonds. The summed E-state index contributed by atoms with van der Waals surface area (Å²) in [6.45, 7) is 7.76. The Balaban J connectivity index is 0.000000159. The van der Waals surface area contributed by atoms with Gasteiger partial charge in [-0.15, -0.1) is 50.9 Å². The number of fused-ring (bicyclic) bond motifs is 1. The number of hydrogen-bond acceptors (Lipinski definition) is 10. The molecule has 6 N–H and O–H groups in total. The van der Waals surface area contributed by atoms with E-state index in [1.165, 1.54) is 125 Å². The second-order valence-corrected chi connectivity index (χ2v) is 34.2. The molecule has 0 bridgehead atoms. The van der Waals surface area contributed by atoms with Gasteiger partial charge in [0.1, 0.15) is 23.1 Å². The number of benzene rings is 14. The predicted molar refractivity (Wildman–Crippen MR) is 564 cm³/mol. The predicted octanol–water partition coefficient (Wildman–Crippen LogP) is 31.1. The molecule has 0 spiro atoms. The molecule has 0 saturated carbocycles. The molecule has 0 aliphatic carbocycles. The molecular formula is C122H120F9N7O3S. The van der Waals surface area contributed by atoms with Gasteiger partial charge in [-0.3, -0.25) is 0 Å². The number of rotatable bonds is 43. The molecule has 20 heteroatoms. The molecule has 0 fully saturated rings. The lowest BCUT2D eigenvalue weighted by Crippen LogP contribution is -2.18. The van der Waals surface area contributed by atoms with Gasteiger partial charge in [0.15, 0.2) is 0 Å². The van der Waals surface area contributed by atoms with Gasteiger partial charge < -0.3 is 45.8 Å². The van der Waals surface area contributed by atoms with Crippen LogP contribution in [0, 0.1) is 0 Å². The third-order valence-corrected chi connectivity index (χ3v) is 23.3. The highest BCUT2D eigenvalue weighted by molar-refractivity contribution is 7.09. The number of unbranched alkanes of at least 4 members (excludes halogenated alkanes) is 5. The highest BCUT2D eigenvalue weighted by Gasteiger charge is 2.33. The molecule has 2 heterocycles. The van der Waals surface area contributed by atoms with E-state index in [9.17, 15) is 39.5 Å². The Morgan fingerprint density at radius 3 is 0.873 bits per heavy atom. The van der Waals surface area contributed by atoms with Gasteiger partial charge in [0.25, 0.3) is 0 Å². The van der Waals surface area contributed by atoms with Crippen molar-refractivity contribution in [2.75, 3.05) is 32.7 Å². The highest BCUT2D eigenvalue weighted by atomic mass is 32.1. The zero-order valence-electron chi connectivity index (χ0n) is 79.3. The third kappa shape index (κ3) is 39.7. The average Bonchev–Trinajstić information content (AvgIpc) is 1.69. The number of nitrogens with one attached hydrogen (secondary N) is 6. The Kier molecular flexibility index (Phi) is 44.3. The van der Waals surface area contributed by atoms with Crippen molar-refractivity contribution >= 4 is 50.2 Å². The van der Waals surface area contributed by atoms with E-state index in [4.69, 9.17) is 0 Å². The number of ether oxygens (including phenoxy) is 3. The van der Waals surface area contributed by atoms with Crippen LogP contribution in [-0.4, -0.2) is 61.8 Å². The number of para-hydroxylation sites is 2. The van der Waals surface area contributed by atoms with Crippen molar-refractivity contribution in [3.63, 3.8) is 0 Å². The minimum absolute atomic E-state index is 0.189. The molecular weight excluding hydrogens is 1810 g/mol. The van der Waals surface area contributed by atoms with Crippen LogP contribution in [0.2, 0.25) is 0 Å². The van der Waals surface area contributed by atoms with E-state index in [1.54, 1.807) is 47.7 Å². The fraction of sp³-hybridized carbons (Fsp3) is 0.189. The second kappa shape index (κ2) is 59.2. The average molecular weight is 1940 g/mol. The molecule has 16 aromatic rings. The first-order valence-electron chi connectivity index (χ1n) is 48.0. The lowest BCUT2D eigenvalue weighted by atomic mass is 9.96. The zero-order chi connectivity index (χ0) is 99.2. The number of thiophene rings is 1. The number of H-pyrrole nitrogens is 1. The van der Waals surface area contributed by atoms with Gasteiger partial charge in [-0.2, -0.15) is 0 Å². The summed E-state index contributed by atoms with van der Waals surface area (Å²) in [5.74, 6) is 0.396. The highest BCUT2D eigenvalue weighted by Crippen LogP contribution is 2.33. The molecule has 0 radical (unpaired) electrons. The number of alkyl halides is 9. The van der Waals surface area contributed by atoms with Gasteiger partial charge in [0.2, 0.25) is 0 Å². The van der Waals surface area contributed by atoms with Crippen LogP contribution in [0.4, 0.5) is 39.5 Å². The van der Waals surface area contributed by atoms with Crippen LogP contribution in [0.5, 0.6) is 17.2 Å². The number of nitrogens with zero attached hydrogens (tertiary/aromatic N) is 1. The minimum Gasteiger partial charge on any atom is -0.406 e. The molecule has 730 valence electrons. The Hall–Kier alpha value is -14.5. The van der Waals surface area contributed by atoms with E-state index in [0.29, 0.717) is 19.6 Å². The van der Waals surface area contributed by atoms with Crippen LogP contribution in [0.15, 0.2) is 448 Å². The zero-order valence-corrected chi connectivity index (χ0v) is 80.2. The number of aromatic nitrogens is 2. The van der Waals surface area contributed by atoms with E-state index in [-0.39, 0.29) is 17.2 Å². The minimum atomic E-state index is -4.67. The molecule has 0 aliphatic rings. The van der Waals surface area contributed by atoms with Crippen LogP contribution in [0.3, 0.4) is 0 Å². The van der Waals surface area contributed by atoms with Crippen LogP contribution in [0.25, 0.3) is 38.9 Å². The Labute approximate surface area is 832 Å². The number of imidazole rings is 1. The molecule has 0 atom stereocenters. The van der Waals surface area contributed by atoms with Crippen molar-refractivity contribution in [3.05, 3.63) is 531 Å². The molecule has 0 unspecified atom stereocenters. The Morgan fingerprint density at radius 2 is 0.542 bits per heavy atom. The summed E-state index contributed by atoms with van der Waals surface area (Å²) in [7, 11) is 0.